The number of nitrogens with one attached hydrogen (secondary N) is 1. The first-order chi connectivity index (χ1) is 14.5. The topological polar surface area (TPSA) is 120 Å². The Hall–Kier alpha value is -3.63. The van der Waals surface area contributed by atoms with Gasteiger partial charge in [-0.1, -0.05) is 5.16 Å². The molecule has 0 bridgehead atoms. The van der Waals surface area contributed by atoms with Crippen molar-refractivity contribution in [3.63, 3.8) is 0 Å². The summed E-state index contributed by atoms with van der Waals surface area (Å²) < 4.78 is 10.3. The molecule has 3 heterocycles. The van der Waals surface area contributed by atoms with Gasteiger partial charge in [0.15, 0.2) is 0 Å². The second-order valence-corrected chi connectivity index (χ2v) is 7.48. The summed E-state index contributed by atoms with van der Waals surface area (Å²) in [6, 6.07) is 9.02. The Kier molecular flexibility index (Phi) is 5.25. The molecule has 0 radical (unpaired) electrons. The third-order valence-corrected chi connectivity index (χ3v) is 5.53. The quantitative estimate of drug-likeness (QED) is 0.355. The smallest absolute Gasteiger partial charge is 0.269 e. The van der Waals surface area contributed by atoms with Crippen LogP contribution in [0, 0.1) is 17.0 Å². The third-order valence-electron chi connectivity index (χ3n) is 4.42. The van der Waals surface area contributed by atoms with Crippen molar-refractivity contribution in [2.75, 3.05) is 12.4 Å². The molecule has 3 aromatic heterocycles. The Morgan fingerprint density at radius 1 is 1.30 bits per heavy atom. The molecule has 1 N–H and O–H groups in total. The van der Waals surface area contributed by atoms with Gasteiger partial charge in [0.05, 0.1) is 22.1 Å². The normalized spacial score (nSPS) is 11.0. The van der Waals surface area contributed by atoms with Crippen molar-refractivity contribution in [1.29, 1.82) is 0 Å². The molecule has 30 heavy (non-hydrogen) atoms. The average molecular weight is 424 g/mol. The van der Waals surface area contributed by atoms with Crippen LogP contribution in [0.25, 0.3) is 20.8 Å². The van der Waals surface area contributed by atoms with Crippen molar-refractivity contribution < 1.29 is 19.0 Å². The molecule has 4 aromatic rings. The van der Waals surface area contributed by atoms with Gasteiger partial charge in [0, 0.05) is 42.0 Å². The second kappa shape index (κ2) is 8.01. The molecule has 0 atom stereocenters. The number of fused-ring (bicyclic) bond motifs is 1. The van der Waals surface area contributed by atoms with Gasteiger partial charge in [-0.15, -0.1) is 11.3 Å². The van der Waals surface area contributed by atoms with E-state index in [9.17, 15) is 14.9 Å². The maximum atomic E-state index is 12.9. The van der Waals surface area contributed by atoms with E-state index in [2.05, 4.69) is 15.5 Å². The number of thiophene rings is 1. The predicted octanol–water partition coefficient (Wildman–Crippen LogP) is 4.57. The number of nitro benzene ring substituents is 1. The molecule has 0 spiro atoms. The van der Waals surface area contributed by atoms with E-state index in [1.165, 1.54) is 41.9 Å². The van der Waals surface area contributed by atoms with E-state index in [4.69, 9.17) is 9.26 Å². The van der Waals surface area contributed by atoms with E-state index < -0.39 is 10.8 Å². The summed E-state index contributed by atoms with van der Waals surface area (Å²) in [5.41, 5.74) is 3.03. The molecule has 4 rings (SSSR count). The summed E-state index contributed by atoms with van der Waals surface area (Å²) in [7, 11) is 1.60. The van der Waals surface area contributed by atoms with Crippen LogP contribution in [0.5, 0.6) is 0 Å². The number of benzene rings is 1. The highest BCUT2D eigenvalue weighted by Crippen LogP contribution is 2.43. The lowest BCUT2D eigenvalue weighted by atomic mass is 10.1. The van der Waals surface area contributed by atoms with Crippen molar-refractivity contribution in [2.45, 2.75) is 13.5 Å². The largest absolute Gasteiger partial charge is 0.380 e. The highest BCUT2D eigenvalue weighted by atomic mass is 32.1. The summed E-state index contributed by atoms with van der Waals surface area (Å²) in [5.74, 6) is -0.404. The maximum Gasteiger partial charge on any atom is 0.269 e. The van der Waals surface area contributed by atoms with Gasteiger partial charge in [0.25, 0.3) is 11.6 Å². The van der Waals surface area contributed by atoms with Crippen molar-refractivity contribution >= 4 is 38.8 Å². The first-order valence-corrected chi connectivity index (χ1v) is 9.68. The molecule has 0 saturated carbocycles. The van der Waals surface area contributed by atoms with Gasteiger partial charge in [-0.3, -0.25) is 14.9 Å². The fourth-order valence-corrected chi connectivity index (χ4v) is 4.31. The van der Waals surface area contributed by atoms with Crippen molar-refractivity contribution in [3.8, 4) is 10.6 Å². The molecular formula is C20H16N4O5S. The number of hydrogen-bond acceptors (Lipinski definition) is 8. The number of methoxy groups -OCH3 is 1. The van der Waals surface area contributed by atoms with Gasteiger partial charge >= 0.3 is 0 Å². The number of nitrogens with zero attached hydrogens (tertiary/aromatic N) is 3. The zero-order chi connectivity index (χ0) is 21.3. The summed E-state index contributed by atoms with van der Waals surface area (Å²) in [5, 5.41) is 18.6. The third kappa shape index (κ3) is 3.65. The number of carbonyl (C=O) groups excluding carboxylic acids is 1. The standard InChI is InChI=1S/C20H16N4O5S/c1-11-9-13(10-28-2)16-17(18(30-20(16)21-11)15-7-8-29-23-15)22-19(25)12-3-5-14(6-4-12)24(26)27/h3-9H,10H2,1-2H3,(H,22,25). The molecule has 0 saturated heterocycles. The number of rotatable bonds is 6. The molecule has 0 aliphatic heterocycles. The Morgan fingerprint density at radius 3 is 2.70 bits per heavy atom. The second-order valence-electron chi connectivity index (χ2n) is 6.48. The molecule has 9 nitrogen and oxygen atoms in total. The summed E-state index contributed by atoms with van der Waals surface area (Å²) in [6.45, 7) is 2.23. The lowest BCUT2D eigenvalue weighted by Gasteiger charge is -2.10. The minimum atomic E-state index is -0.512. The fraction of sp³-hybridized carbons (Fsp3) is 0.150. The zero-order valence-electron chi connectivity index (χ0n) is 16.0. The number of carbonyl (C=O) groups is 1. The van der Waals surface area contributed by atoms with Gasteiger partial charge in [0.2, 0.25) is 0 Å². The number of ether oxygens (including phenoxy) is 1. The monoisotopic (exact) mass is 424 g/mol. The van der Waals surface area contributed by atoms with E-state index in [0.29, 0.717) is 28.4 Å². The number of pyridine rings is 1. The molecular weight excluding hydrogens is 408 g/mol. The van der Waals surface area contributed by atoms with Crippen LogP contribution < -0.4 is 5.32 Å². The Bertz CT molecular complexity index is 1230. The van der Waals surface area contributed by atoms with Crippen LogP contribution in [0.4, 0.5) is 11.4 Å². The maximum absolute atomic E-state index is 12.9. The first-order valence-electron chi connectivity index (χ1n) is 8.86. The molecule has 10 heteroatoms. The zero-order valence-corrected chi connectivity index (χ0v) is 16.9. The Labute approximate surface area is 174 Å². The summed E-state index contributed by atoms with van der Waals surface area (Å²) in [4.78, 5) is 29.3. The van der Waals surface area contributed by atoms with E-state index in [1.807, 2.05) is 13.0 Å². The van der Waals surface area contributed by atoms with Crippen LogP contribution >= 0.6 is 11.3 Å². The van der Waals surface area contributed by atoms with Crippen LogP contribution in [0.3, 0.4) is 0 Å². The van der Waals surface area contributed by atoms with Gasteiger partial charge in [0.1, 0.15) is 16.8 Å². The average Bonchev–Trinajstić information content (AvgIpc) is 3.36. The molecule has 1 aromatic carbocycles. The van der Waals surface area contributed by atoms with Gasteiger partial charge in [-0.05, 0) is 30.7 Å². The first kappa shape index (κ1) is 19.7. The van der Waals surface area contributed by atoms with E-state index in [-0.39, 0.29) is 5.69 Å². The van der Waals surface area contributed by atoms with Gasteiger partial charge in [-0.2, -0.15) is 0 Å². The predicted molar refractivity (Wildman–Crippen MR) is 112 cm³/mol. The molecule has 0 aliphatic carbocycles. The molecule has 0 aliphatic rings. The SMILES string of the molecule is COCc1cc(C)nc2sc(-c3ccon3)c(NC(=O)c3ccc([N+](=O)[O-])cc3)c12. The van der Waals surface area contributed by atoms with Crippen LogP contribution in [0.15, 0.2) is 47.2 Å². The highest BCUT2D eigenvalue weighted by Gasteiger charge is 2.22. The lowest BCUT2D eigenvalue weighted by molar-refractivity contribution is -0.384. The number of aromatic nitrogens is 2. The highest BCUT2D eigenvalue weighted by molar-refractivity contribution is 7.22. The fourth-order valence-electron chi connectivity index (χ4n) is 3.13. The molecule has 0 fully saturated rings. The number of hydrogen-bond donors (Lipinski definition) is 1. The number of aryl methyl sites for hydroxylation is 1. The number of amides is 1. The van der Waals surface area contributed by atoms with Crippen molar-refractivity contribution in [2.24, 2.45) is 0 Å². The molecule has 1 amide bonds. The minimum Gasteiger partial charge on any atom is -0.380 e. The number of non-ortho nitro benzene ring substituents is 1. The van der Waals surface area contributed by atoms with Crippen LogP contribution in [0.1, 0.15) is 21.6 Å². The number of nitro groups is 1. The van der Waals surface area contributed by atoms with Crippen molar-refractivity contribution in [3.05, 3.63) is 69.6 Å². The van der Waals surface area contributed by atoms with E-state index in [1.54, 1.807) is 13.2 Å². The Balaban J connectivity index is 1.82. The summed E-state index contributed by atoms with van der Waals surface area (Å²) in [6.07, 6.45) is 1.45. The van der Waals surface area contributed by atoms with Crippen LogP contribution in [-0.2, 0) is 11.3 Å². The molecule has 152 valence electrons. The van der Waals surface area contributed by atoms with E-state index >= 15 is 0 Å². The van der Waals surface area contributed by atoms with Crippen LogP contribution in [-0.4, -0.2) is 28.1 Å². The minimum absolute atomic E-state index is 0.0853. The van der Waals surface area contributed by atoms with Crippen LogP contribution in [0.2, 0.25) is 0 Å². The van der Waals surface area contributed by atoms with Crippen molar-refractivity contribution in [1.82, 2.24) is 10.1 Å². The lowest BCUT2D eigenvalue weighted by Crippen LogP contribution is -2.12. The molecule has 0 unspecified atom stereocenters. The Morgan fingerprint density at radius 2 is 2.07 bits per heavy atom. The van der Waals surface area contributed by atoms with E-state index in [0.717, 1.165) is 21.5 Å². The number of anilines is 1. The van der Waals surface area contributed by atoms with Gasteiger partial charge < -0.3 is 14.6 Å². The van der Waals surface area contributed by atoms with Gasteiger partial charge in [-0.25, -0.2) is 4.98 Å². The summed E-state index contributed by atoms with van der Waals surface area (Å²) >= 11 is 1.39.